The molecule has 0 saturated carbocycles. The summed E-state index contributed by atoms with van der Waals surface area (Å²) >= 11 is 0. The molecule has 2 unspecified atom stereocenters. The Morgan fingerprint density at radius 2 is 2.11 bits per heavy atom. The Bertz CT molecular complexity index is 377. The SMILES string of the molecule is CCCNC(COCCC)CC1Cc2ccccc21. The summed E-state index contributed by atoms with van der Waals surface area (Å²) < 4.78 is 5.74. The first-order valence-corrected chi connectivity index (χ1v) is 7.74. The minimum atomic E-state index is 0.504. The second-order valence-corrected chi connectivity index (χ2v) is 5.56. The van der Waals surface area contributed by atoms with E-state index in [2.05, 4.69) is 43.4 Å². The molecule has 1 aliphatic carbocycles. The fourth-order valence-electron chi connectivity index (χ4n) is 2.85. The molecule has 2 nitrogen and oxygen atoms in total. The number of hydrogen-bond acceptors (Lipinski definition) is 2. The zero-order chi connectivity index (χ0) is 13.5. The molecule has 2 rings (SSSR count). The largest absolute Gasteiger partial charge is 0.380 e. The molecule has 1 aliphatic rings. The van der Waals surface area contributed by atoms with Gasteiger partial charge in [0.15, 0.2) is 0 Å². The molecule has 0 heterocycles. The van der Waals surface area contributed by atoms with Crippen molar-refractivity contribution in [2.75, 3.05) is 19.8 Å². The maximum Gasteiger partial charge on any atom is 0.0619 e. The van der Waals surface area contributed by atoms with Crippen molar-refractivity contribution >= 4 is 0 Å². The van der Waals surface area contributed by atoms with Gasteiger partial charge in [0, 0.05) is 12.6 Å². The van der Waals surface area contributed by atoms with Crippen LogP contribution < -0.4 is 5.32 Å². The fourth-order valence-corrected chi connectivity index (χ4v) is 2.85. The third-order valence-electron chi connectivity index (χ3n) is 3.88. The molecule has 106 valence electrons. The van der Waals surface area contributed by atoms with E-state index >= 15 is 0 Å². The van der Waals surface area contributed by atoms with Gasteiger partial charge < -0.3 is 10.1 Å². The van der Waals surface area contributed by atoms with E-state index < -0.39 is 0 Å². The summed E-state index contributed by atoms with van der Waals surface area (Å²) in [5.41, 5.74) is 3.09. The zero-order valence-corrected chi connectivity index (χ0v) is 12.3. The van der Waals surface area contributed by atoms with Gasteiger partial charge in [-0.25, -0.2) is 0 Å². The molecule has 0 radical (unpaired) electrons. The van der Waals surface area contributed by atoms with E-state index in [1.807, 2.05) is 0 Å². The van der Waals surface area contributed by atoms with Gasteiger partial charge in [0.05, 0.1) is 6.61 Å². The van der Waals surface area contributed by atoms with Crippen LogP contribution in [-0.2, 0) is 11.2 Å². The van der Waals surface area contributed by atoms with Crippen molar-refractivity contribution in [1.82, 2.24) is 5.32 Å². The highest BCUT2D eigenvalue weighted by Crippen LogP contribution is 2.37. The molecule has 1 aromatic rings. The summed E-state index contributed by atoms with van der Waals surface area (Å²) in [5, 5.41) is 3.63. The fraction of sp³-hybridized carbons (Fsp3) is 0.647. The van der Waals surface area contributed by atoms with Gasteiger partial charge in [0.25, 0.3) is 0 Å². The molecule has 0 amide bonds. The van der Waals surface area contributed by atoms with Gasteiger partial charge in [0.1, 0.15) is 0 Å². The molecule has 0 fully saturated rings. The predicted molar refractivity (Wildman–Crippen MR) is 80.7 cm³/mol. The molecule has 19 heavy (non-hydrogen) atoms. The summed E-state index contributed by atoms with van der Waals surface area (Å²) in [6, 6.07) is 9.35. The van der Waals surface area contributed by atoms with Gasteiger partial charge in [0.2, 0.25) is 0 Å². The van der Waals surface area contributed by atoms with Crippen molar-refractivity contribution in [1.29, 1.82) is 0 Å². The van der Waals surface area contributed by atoms with Crippen molar-refractivity contribution in [2.24, 2.45) is 0 Å². The number of hydrogen-bond donors (Lipinski definition) is 1. The van der Waals surface area contributed by atoms with E-state index in [0.717, 1.165) is 32.1 Å². The van der Waals surface area contributed by atoms with Crippen molar-refractivity contribution in [3.8, 4) is 0 Å². The summed E-state index contributed by atoms with van der Waals surface area (Å²) in [7, 11) is 0. The van der Waals surface area contributed by atoms with Crippen molar-refractivity contribution in [3.63, 3.8) is 0 Å². The lowest BCUT2D eigenvalue weighted by molar-refractivity contribution is 0.106. The van der Waals surface area contributed by atoms with Gasteiger partial charge in [-0.15, -0.1) is 0 Å². The monoisotopic (exact) mass is 261 g/mol. The third-order valence-corrected chi connectivity index (χ3v) is 3.88. The standard InChI is InChI=1S/C17H27NO/c1-3-9-18-16(13-19-10-4-2)12-15-11-14-7-5-6-8-17(14)15/h5-8,15-16,18H,3-4,9-13H2,1-2H3. The lowest BCUT2D eigenvalue weighted by Gasteiger charge is -2.33. The lowest BCUT2D eigenvalue weighted by Crippen LogP contribution is -2.37. The van der Waals surface area contributed by atoms with E-state index in [4.69, 9.17) is 4.74 Å². The normalized spacial score (nSPS) is 18.7. The first-order valence-electron chi connectivity index (χ1n) is 7.74. The smallest absolute Gasteiger partial charge is 0.0619 e. The molecule has 0 spiro atoms. The van der Waals surface area contributed by atoms with Gasteiger partial charge in [-0.2, -0.15) is 0 Å². The van der Waals surface area contributed by atoms with Crippen LogP contribution in [0.5, 0.6) is 0 Å². The molecule has 0 saturated heterocycles. The van der Waals surface area contributed by atoms with E-state index in [1.54, 1.807) is 5.56 Å². The molecule has 0 aliphatic heterocycles. The van der Waals surface area contributed by atoms with E-state index in [9.17, 15) is 0 Å². The van der Waals surface area contributed by atoms with Crippen LogP contribution in [0.4, 0.5) is 0 Å². The second kappa shape index (κ2) is 7.66. The van der Waals surface area contributed by atoms with Crippen LogP contribution in [0.2, 0.25) is 0 Å². The Kier molecular flexibility index (Phi) is 5.87. The summed E-state index contributed by atoms with van der Waals surface area (Å²) in [6.07, 6.45) is 4.74. The van der Waals surface area contributed by atoms with Crippen molar-refractivity contribution in [2.45, 2.75) is 51.5 Å². The molecule has 2 atom stereocenters. The highest BCUT2D eigenvalue weighted by atomic mass is 16.5. The molecule has 0 aromatic heterocycles. The maximum absolute atomic E-state index is 5.74. The van der Waals surface area contributed by atoms with Crippen LogP contribution in [0.1, 0.15) is 50.2 Å². The average Bonchev–Trinajstić information content (AvgIpc) is 2.41. The second-order valence-electron chi connectivity index (χ2n) is 5.56. The van der Waals surface area contributed by atoms with Gasteiger partial charge in [-0.3, -0.25) is 0 Å². The zero-order valence-electron chi connectivity index (χ0n) is 12.3. The quantitative estimate of drug-likeness (QED) is 0.687. The molecular formula is C17H27NO. The topological polar surface area (TPSA) is 21.3 Å². The first-order chi connectivity index (χ1) is 9.35. The van der Waals surface area contributed by atoms with E-state index in [0.29, 0.717) is 6.04 Å². The molecule has 2 heteroatoms. The first kappa shape index (κ1) is 14.5. The number of nitrogens with one attached hydrogen (secondary N) is 1. The minimum absolute atomic E-state index is 0.504. The molecule has 1 aromatic carbocycles. The maximum atomic E-state index is 5.74. The highest BCUT2D eigenvalue weighted by molar-refractivity contribution is 5.39. The third kappa shape index (κ3) is 4.05. The number of ether oxygens (including phenoxy) is 1. The van der Waals surface area contributed by atoms with Crippen LogP contribution in [0.15, 0.2) is 24.3 Å². The van der Waals surface area contributed by atoms with Crippen LogP contribution in [0.25, 0.3) is 0 Å². The van der Waals surface area contributed by atoms with E-state index in [1.165, 1.54) is 24.8 Å². The van der Waals surface area contributed by atoms with Crippen molar-refractivity contribution < 1.29 is 4.74 Å². The average molecular weight is 261 g/mol. The van der Waals surface area contributed by atoms with Crippen LogP contribution >= 0.6 is 0 Å². The van der Waals surface area contributed by atoms with Crippen LogP contribution in [0, 0.1) is 0 Å². The predicted octanol–water partition coefficient (Wildman–Crippen LogP) is 3.51. The Labute approximate surface area is 117 Å². The van der Waals surface area contributed by atoms with Crippen LogP contribution in [0.3, 0.4) is 0 Å². The molecular weight excluding hydrogens is 234 g/mol. The number of rotatable bonds is 9. The Balaban J connectivity index is 1.82. The summed E-state index contributed by atoms with van der Waals surface area (Å²) in [5.74, 6) is 0.732. The minimum Gasteiger partial charge on any atom is -0.380 e. The summed E-state index contributed by atoms with van der Waals surface area (Å²) in [4.78, 5) is 0. The van der Waals surface area contributed by atoms with Gasteiger partial charge in [-0.1, -0.05) is 38.1 Å². The van der Waals surface area contributed by atoms with Gasteiger partial charge >= 0.3 is 0 Å². The Morgan fingerprint density at radius 1 is 1.26 bits per heavy atom. The number of benzene rings is 1. The summed E-state index contributed by atoms with van der Waals surface area (Å²) in [6.45, 7) is 7.21. The van der Waals surface area contributed by atoms with E-state index in [-0.39, 0.29) is 0 Å². The van der Waals surface area contributed by atoms with Crippen molar-refractivity contribution in [3.05, 3.63) is 35.4 Å². The molecule has 0 bridgehead atoms. The highest BCUT2D eigenvalue weighted by Gasteiger charge is 2.27. The Hall–Kier alpha value is -0.860. The number of fused-ring (bicyclic) bond motifs is 1. The van der Waals surface area contributed by atoms with Crippen LogP contribution in [-0.4, -0.2) is 25.8 Å². The molecule has 1 N–H and O–H groups in total. The lowest BCUT2D eigenvalue weighted by atomic mass is 9.74. The Morgan fingerprint density at radius 3 is 2.84 bits per heavy atom. The van der Waals surface area contributed by atoms with Gasteiger partial charge in [-0.05, 0) is 49.3 Å².